The number of ether oxygens (including phenoxy) is 1. The summed E-state index contributed by atoms with van der Waals surface area (Å²) in [5.74, 6) is 0. The minimum Gasteiger partial charge on any atom is -0.378 e. The molecule has 0 spiro atoms. The SMILES string of the molecule is Brc1ccc(/C=C2\CCC=C2N2CCOCC2)cc1. The zero-order chi connectivity index (χ0) is 13.1. The number of allylic oxidation sites excluding steroid dienone is 2. The average molecular weight is 320 g/mol. The molecule has 0 N–H and O–H groups in total. The Morgan fingerprint density at radius 2 is 1.84 bits per heavy atom. The van der Waals surface area contributed by atoms with Gasteiger partial charge in [-0.05, 0) is 42.2 Å². The Hall–Kier alpha value is -1.06. The minimum absolute atomic E-state index is 0.850. The van der Waals surface area contributed by atoms with E-state index in [1.807, 2.05) is 0 Å². The van der Waals surface area contributed by atoms with Gasteiger partial charge >= 0.3 is 0 Å². The monoisotopic (exact) mass is 319 g/mol. The molecule has 100 valence electrons. The lowest BCUT2D eigenvalue weighted by Crippen LogP contribution is -2.35. The lowest BCUT2D eigenvalue weighted by atomic mass is 10.1. The second-order valence-corrected chi connectivity index (χ2v) is 5.86. The van der Waals surface area contributed by atoms with Gasteiger partial charge < -0.3 is 9.64 Å². The summed E-state index contributed by atoms with van der Waals surface area (Å²) in [6, 6.07) is 8.51. The van der Waals surface area contributed by atoms with Crippen molar-refractivity contribution in [3.8, 4) is 0 Å². The Bertz CT molecular complexity index is 498. The third-order valence-electron chi connectivity index (χ3n) is 3.64. The Balaban J connectivity index is 1.79. The molecule has 2 aliphatic rings. The maximum absolute atomic E-state index is 5.43. The molecule has 0 saturated carbocycles. The second kappa shape index (κ2) is 5.93. The van der Waals surface area contributed by atoms with Crippen LogP contribution in [0.4, 0.5) is 0 Å². The van der Waals surface area contributed by atoms with Crippen molar-refractivity contribution in [2.75, 3.05) is 26.3 Å². The van der Waals surface area contributed by atoms with E-state index in [2.05, 4.69) is 57.2 Å². The molecule has 0 aromatic heterocycles. The van der Waals surface area contributed by atoms with Crippen LogP contribution in [0, 0.1) is 0 Å². The predicted octanol–water partition coefficient (Wildman–Crippen LogP) is 3.84. The normalized spacial score (nSPS) is 21.8. The molecule has 0 unspecified atom stereocenters. The van der Waals surface area contributed by atoms with Crippen LogP contribution in [0.25, 0.3) is 6.08 Å². The van der Waals surface area contributed by atoms with Crippen LogP contribution in [-0.4, -0.2) is 31.2 Å². The number of benzene rings is 1. The third kappa shape index (κ3) is 3.10. The summed E-state index contributed by atoms with van der Waals surface area (Å²) < 4.78 is 6.56. The van der Waals surface area contributed by atoms with E-state index in [1.165, 1.54) is 16.8 Å². The van der Waals surface area contributed by atoms with E-state index in [9.17, 15) is 0 Å². The second-order valence-electron chi connectivity index (χ2n) is 4.95. The maximum atomic E-state index is 5.43. The topological polar surface area (TPSA) is 12.5 Å². The summed E-state index contributed by atoms with van der Waals surface area (Å²) >= 11 is 3.48. The summed E-state index contributed by atoms with van der Waals surface area (Å²) in [5.41, 5.74) is 4.16. The van der Waals surface area contributed by atoms with Crippen molar-refractivity contribution >= 4 is 22.0 Å². The van der Waals surface area contributed by atoms with Crippen LogP contribution < -0.4 is 0 Å². The van der Waals surface area contributed by atoms with Gasteiger partial charge in [-0.3, -0.25) is 0 Å². The molecule has 0 bridgehead atoms. The molecule has 1 saturated heterocycles. The van der Waals surface area contributed by atoms with E-state index in [0.717, 1.165) is 43.6 Å². The first kappa shape index (κ1) is 12.9. The lowest BCUT2D eigenvalue weighted by molar-refractivity contribution is 0.0550. The van der Waals surface area contributed by atoms with E-state index >= 15 is 0 Å². The molecule has 0 amide bonds. The number of morpholine rings is 1. The summed E-state index contributed by atoms with van der Waals surface area (Å²) in [7, 11) is 0. The van der Waals surface area contributed by atoms with Crippen LogP contribution in [0.15, 0.2) is 46.1 Å². The van der Waals surface area contributed by atoms with Gasteiger partial charge in [0.25, 0.3) is 0 Å². The van der Waals surface area contributed by atoms with Crippen molar-refractivity contribution in [3.63, 3.8) is 0 Å². The fourth-order valence-electron chi connectivity index (χ4n) is 2.67. The zero-order valence-electron chi connectivity index (χ0n) is 10.9. The molecule has 19 heavy (non-hydrogen) atoms. The van der Waals surface area contributed by atoms with Crippen molar-refractivity contribution in [2.24, 2.45) is 0 Å². The lowest BCUT2D eigenvalue weighted by Gasteiger charge is -2.30. The number of hydrogen-bond acceptors (Lipinski definition) is 2. The smallest absolute Gasteiger partial charge is 0.0642 e. The van der Waals surface area contributed by atoms with Crippen molar-refractivity contribution in [1.29, 1.82) is 0 Å². The number of rotatable bonds is 2. The fourth-order valence-corrected chi connectivity index (χ4v) is 2.93. The van der Waals surface area contributed by atoms with Crippen LogP contribution in [0.3, 0.4) is 0 Å². The molecule has 1 aromatic carbocycles. The molecule has 2 nitrogen and oxygen atoms in total. The molecule has 1 aliphatic carbocycles. The average Bonchev–Trinajstić information content (AvgIpc) is 2.90. The quantitative estimate of drug-likeness (QED) is 0.821. The van der Waals surface area contributed by atoms with Gasteiger partial charge in [-0.2, -0.15) is 0 Å². The first-order chi connectivity index (χ1) is 9.33. The molecule has 1 fully saturated rings. The third-order valence-corrected chi connectivity index (χ3v) is 4.17. The Kier molecular flexibility index (Phi) is 4.04. The maximum Gasteiger partial charge on any atom is 0.0642 e. The molecule has 0 atom stereocenters. The Morgan fingerprint density at radius 3 is 2.58 bits per heavy atom. The molecule has 3 rings (SSSR count). The largest absolute Gasteiger partial charge is 0.378 e. The van der Waals surface area contributed by atoms with E-state index < -0.39 is 0 Å². The van der Waals surface area contributed by atoms with Gasteiger partial charge in [0, 0.05) is 23.3 Å². The van der Waals surface area contributed by atoms with E-state index in [-0.39, 0.29) is 0 Å². The molecule has 3 heteroatoms. The Labute approximate surface area is 122 Å². The fraction of sp³-hybridized carbons (Fsp3) is 0.375. The van der Waals surface area contributed by atoms with Gasteiger partial charge in [0.1, 0.15) is 0 Å². The highest BCUT2D eigenvalue weighted by Gasteiger charge is 2.20. The van der Waals surface area contributed by atoms with Gasteiger partial charge in [-0.15, -0.1) is 0 Å². The first-order valence-corrected chi connectivity index (χ1v) is 7.61. The molecule has 1 aliphatic heterocycles. The summed E-state index contributed by atoms with van der Waals surface area (Å²) in [4.78, 5) is 2.46. The van der Waals surface area contributed by atoms with Crippen molar-refractivity contribution in [1.82, 2.24) is 4.90 Å². The summed E-state index contributed by atoms with van der Waals surface area (Å²) in [6.45, 7) is 3.73. The summed E-state index contributed by atoms with van der Waals surface area (Å²) in [5, 5.41) is 0. The Morgan fingerprint density at radius 1 is 1.11 bits per heavy atom. The first-order valence-electron chi connectivity index (χ1n) is 6.82. The van der Waals surface area contributed by atoms with Crippen LogP contribution in [0.2, 0.25) is 0 Å². The van der Waals surface area contributed by atoms with Gasteiger partial charge in [0.15, 0.2) is 0 Å². The van der Waals surface area contributed by atoms with Crippen LogP contribution >= 0.6 is 15.9 Å². The van der Waals surface area contributed by atoms with Gasteiger partial charge in [-0.1, -0.05) is 34.1 Å². The number of halogens is 1. The van der Waals surface area contributed by atoms with E-state index in [0.29, 0.717) is 0 Å². The zero-order valence-corrected chi connectivity index (χ0v) is 12.5. The van der Waals surface area contributed by atoms with E-state index in [4.69, 9.17) is 4.74 Å². The molecular weight excluding hydrogens is 302 g/mol. The molecule has 1 aromatic rings. The highest BCUT2D eigenvalue weighted by atomic mass is 79.9. The van der Waals surface area contributed by atoms with E-state index in [1.54, 1.807) is 0 Å². The van der Waals surface area contributed by atoms with Crippen molar-refractivity contribution in [2.45, 2.75) is 12.8 Å². The predicted molar refractivity (Wildman–Crippen MR) is 81.8 cm³/mol. The van der Waals surface area contributed by atoms with Crippen molar-refractivity contribution in [3.05, 3.63) is 51.6 Å². The number of nitrogens with zero attached hydrogens (tertiary/aromatic N) is 1. The summed E-state index contributed by atoms with van der Waals surface area (Å²) in [6.07, 6.45) is 7.01. The highest BCUT2D eigenvalue weighted by Crippen LogP contribution is 2.30. The molecular formula is C16H18BrNO. The van der Waals surface area contributed by atoms with Gasteiger partial charge in [-0.25, -0.2) is 0 Å². The molecule has 0 radical (unpaired) electrons. The minimum atomic E-state index is 0.850. The van der Waals surface area contributed by atoms with Gasteiger partial charge in [0.05, 0.1) is 13.2 Å². The van der Waals surface area contributed by atoms with Crippen LogP contribution in [-0.2, 0) is 4.74 Å². The standard InChI is InChI=1S/C16H18BrNO/c17-15-6-4-13(5-7-15)12-14-2-1-3-16(14)18-8-10-19-11-9-18/h3-7,12H,1-2,8-11H2/b14-12+. The van der Waals surface area contributed by atoms with Crippen LogP contribution in [0.1, 0.15) is 18.4 Å². The number of hydrogen-bond donors (Lipinski definition) is 0. The van der Waals surface area contributed by atoms with Crippen LogP contribution in [0.5, 0.6) is 0 Å². The van der Waals surface area contributed by atoms with Crippen molar-refractivity contribution < 1.29 is 4.74 Å². The highest BCUT2D eigenvalue weighted by molar-refractivity contribution is 9.10. The molecule has 1 heterocycles. The van der Waals surface area contributed by atoms with Gasteiger partial charge in [0.2, 0.25) is 0 Å².